The lowest BCUT2D eigenvalue weighted by Crippen LogP contribution is -2.22. The summed E-state index contributed by atoms with van der Waals surface area (Å²) < 4.78 is 0. The number of nitrogens with zero attached hydrogens (tertiary/aromatic N) is 1. The molecule has 0 rings (SSSR count). The number of hydrogen-bond donors (Lipinski definition) is 2. The van der Waals surface area contributed by atoms with E-state index in [9.17, 15) is 0 Å². The van der Waals surface area contributed by atoms with Gasteiger partial charge < -0.3 is 10.6 Å². The van der Waals surface area contributed by atoms with Crippen molar-refractivity contribution in [1.82, 2.24) is 4.90 Å². The third-order valence-corrected chi connectivity index (χ3v) is 2.50. The molecular weight excluding hydrogens is 182 g/mol. The van der Waals surface area contributed by atoms with E-state index in [0.717, 1.165) is 32.4 Å². The van der Waals surface area contributed by atoms with Crippen LogP contribution in [0.15, 0.2) is 0 Å². The Morgan fingerprint density at radius 1 is 1.38 bits per heavy atom. The predicted octanol–water partition coefficient (Wildman–Crippen LogP) is 1.39. The molecule has 0 spiro atoms. The van der Waals surface area contributed by atoms with Crippen LogP contribution in [0.2, 0.25) is 0 Å². The summed E-state index contributed by atoms with van der Waals surface area (Å²) in [5.74, 6) is 1.51. The molecule has 0 atom stereocenters. The molecule has 3 nitrogen and oxygen atoms in total. The van der Waals surface area contributed by atoms with E-state index in [0.29, 0.717) is 5.84 Å². The van der Waals surface area contributed by atoms with Crippen molar-refractivity contribution in [2.24, 2.45) is 5.73 Å². The van der Waals surface area contributed by atoms with Crippen LogP contribution in [0.3, 0.4) is 0 Å². The fourth-order valence-electron chi connectivity index (χ4n) is 1.06. The molecule has 3 N–H and O–H groups in total. The molecule has 13 heavy (non-hydrogen) atoms. The molecule has 0 heterocycles. The van der Waals surface area contributed by atoms with Crippen molar-refractivity contribution in [2.75, 3.05) is 32.1 Å². The third kappa shape index (κ3) is 9.70. The second-order valence-corrected chi connectivity index (χ2v) is 4.26. The Balaban J connectivity index is 3.16. The summed E-state index contributed by atoms with van der Waals surface area (Å²) in [5, 5.41) is 7.05. The van der Waals surface area contributed by atoms with E-state index in [4.69, 9.17) is 11.1 Å². The summed E-state index contributed by atoms with van der Waals surface area (Å²) in [6.45, 7) is 2.27. The van der Waals surface area contributed by atoms with Gasteiger partial charge in [0.15, 0.2) is 0 Å². The van der Waals surface area contributed by atoms with E-state index < -0.39 is 0 Å². The highest BCUT2D eigenvalue weighted by Gasteiger charge is 1.97. The number of unbranched alkanes of at least 4 members (excludes halogenated alkanes) is 1. The highest BCUT2D eigenvalue weighted by Crippen LogP contribution is 1.98. The molecule has 4 heteroatoms. The lowest BCUT2D eigenvalue weighted by molar-refractivity contribution is 0.347. The van der Waals surface area contributed by atoms with E-state index in [2.05, 4.69) is 18.2 Å². The maximum Gasteiger partial charge on any atom is 0.0905 e. The first-order valence-corrected chi connectivity index (χ1v) is 6.06. The van der Waals surface area contributed by atoms with Crippen LogP contribution in [0.5, 0.6) is 0 Å². The van der Waals surface area contributed by atoms with Crippen LogP contribution in [0.4, 0.5) is 0 Å². The zero-order valence-corrected chi connectivity index (χ0v) is 9.49. The van der Waals surface area contributed by atoms with Crippen LogP contribution in [0.1, 0.15) is 19.3 Å². The quantitative estimate of drug-likeness (QED) is 0.356. The van der Waals surface area contributed by atoms with Crippen LogP contribution in [0, 0.1) is 5.41 Å². The smallest absolute Gasteiger partial charge is 0.0905 e. The number of hydrogen-bond acceptors (Lipinski definition) is 3. The Kier molecular flexibility index (Phi) is 8.24. The van der Waals surface area contributed by atoms with Crippen molar-refractivity contribution < 1.29 is 0 Å². The van der Waals surface area contributed by atoms with Gasteiger partial charge in [0.1, 0.15) is 0 Å². The summed E-state index contributed by atoms with van der Waals surface area (Å²) in [6.07, 6.45) is 5.06. The highest BCUT2D eigenvalue weighted by atomic mass is 32.2. The normalized spacial score (nSPS) is 10.7. The zero-order chi connectivity index (χ0) is 10.1. The molecule has 0 aromatic rings. The van der Waals surface area contributed by atoms with Crippen molar-refractivity contribution >= 4 is 17.6 Å². The largest absolute Gasteiger partial charge is 0.388 e. The Labute approximate surface area is 85.6 Å². The van der Waals surface area contributed by atoms with Gasteiger partial charge in [0.25, 0.3) is 0 Å². The van der Waals surface area contributed by atoms with Crippen LogP contribution >= 0.6 is 11.8 Å². The summed E-state index contributed by atoms with van der Waals surface area (Å²) in [5.41, 5.74) is 5.26. The predicted molar refractivity (Wildman–Crippen MR) is 61.6 cm³/mol. The second-order valence-electron chi connectivity index (χ2n) is 3.28. The molecule has 0 saturated heterocycles. The van der Waals surface area contributed by atoms with Crippen molar-refractivity contribution in [3.05, 3.63) is 0 Å². The topological polar surface area (TPSA) is 53.1 Å². The second kappa shape index (κ2) is 8.38. The molecule has 0 saturated carbocycles. The molecular formula is C9H21N3S. The van der Waals surface area contributed by atoms with Gasteiger partial charge in [0, 0.05) is 18.7 Å². The van der Waals surface area contributed by atoms with E-state index in [1.165, 1.54) is 5.75 Å². The van der Waals surface area contributed by atoms with Crippen molar-refractivity contribution in [1.29, 1.82) is 5.41 Å². The van der Waals surface area contributed by atoms with Gasteiger partial charge >= 0.3 is 0 Å². The van der Waals surface area contributed by atoms with E-state index in [1.807, 2.05) is 11.8 Å². The monoisotopic (exact) mass is 203 g/mol. The van der Waals surface area contributed by atoms with Gasteiger partial charge in [-0.1, -0.05) is 0 Å². The van der Waals surface area contributed by atoms with Crippen LogP contribution in [-0.2, 0) is 0 Å². The van der Waals surface area contributed by atoms with E-state index in [-0.39, 0.29) is 0 Å². The van der Waals surface area contributed by atoms with Gasteiger partial charge in [-0.15, -0.1) is 0 Å². The van der Waals surface area contributed by atoms with E-state index >= 15 is 0 Å². The Morgan fingerprint density at radius 3 is 2.62 bits per heavy atom. The number of nitrogens with two attached hydrogens (primary N) is 1. The fraction of sp³-hybridized carbons (Fsp3) is 0.889. The van der Waals surface area contributed by atoms with Crippen LogP contribution in [-0.4, -0.2) is 42.9 Å². The molecule has 0 unspecified atom stereocenters. The first kappa shape index (κ1) is 12.8. The average molecular weight is 203 g/mol. The molecule has 0 aromatic heterocycles. The van der Waals surface area contributed by atoms with Crippen molar-refractivity contribution in [3.63, 3.8) is 0 Å². The van der Waals surface area contributed by atoms with Gasteiger partial charge in [0.2, 0.25) is 0 Å². The minimum atomic E-state index is 0.312. The Bertz CT molecular complexity index is 139. The minimum absolute atomic E-state index is 0.312. The van der Waals surface area contributed by atoms with Gasteiger partial charge in [-0.25, -0.2) is 0 Å². The molecule has 0 radical (unpaired) electrons. The van der Waals surface area contributed by atoms with Gasteiger partial charge in [0.05, 0.1) is 5.84 Å². The number of nitrogens with one attached hydrogen (secondary N) is 1. The van der Waals surface area contributed by atoms with Crippen molar-refractivity contribution in [3.8, 4) is 0 Å². The zero-order valence-electron chi connectivity index (χ0n) is 8.68. The summed E-state index contributed by atoms with van der Waals surface area (Å²) in [4.78, 5) is 2.33. The Hall–Kier alpha value is -0.220. The SMILES string of the molecule is CSCCN(C)CCCCC(=N)N. The minimum Gasteiger partial charge on any atom is -0.388 e. The maximum atomic E-state index is 7.05. The molecule has 0 amide bonds. The maximum absolute atomic E-state index is 7.05. The summed E-state index contributed by atoms with van der Waals surface area (Å²) >= 11 is 1.88. The lowest BCUT2D eigenvalue weighted by Gasteiger charge is -2.15. The van der Waals surface area contributed by atoms with Gasteiger partial charge in [-0.3, -0.25) is 5.41 Å². The number of thioether (sulfide) groups is 1. The van der Waals surface area contributed by atoms with Crippen LogP contribution < -0.4 is 5.73 Å². The highest BCUT2D eigenvalue weighted by molar-refractivity contribution is 7.98. The Morgan fingerprint density at radius 2 is 2.08 bits per heavy atom. The van der Waals surface area contributed by atoms with Gasteiger partial charge in [-0.2, -0.15) is 11.8 Å². The fourth-order valence-corrected chi connectivity index (χ4v) is 1.55. The summed E-state index contributed by atoms with van der Waals surface area (Å²) in [7, 11) is 2.14. The lowest BCUT2D eigenvalue weighted by atomic mass is 10.2. The molecule has 0 fully saturated rings. The molecule has 0 aromatic carbocycles. The average Bonchev–Trinajstić information content (AvgIpc) is 2.08. The number of amidine groups is 1. The first-order valence-electron chi connectivity index (χ1n) is 4.67. The molecule has 0 aliphatic heterocycles. The molecule has 0 bridgehead atoms. The van der Waals surface area contributed by atoms with Crippen molar-refractivity contribution in [2.45, 2.75) is 19.3 Å². The van der Waals surface area contributed by atoms with Crippen LogP contribution in [0.25, 0.3) is 0 Å². The van der Waals surface area contributed by atoms with Gasteiger partial charge in [-0.05, 0) is 32.7 Å². The standard InChI is InChI=1S/C9H21N3S/c1-12(7-8-13-2)6-4-3-5-9(10)11/h3-8H2,1-2H3,(H3,10,11). The number of rotatable bonds is 8. The summed E-state index contributed by atoms with van der Waals surface area (Å²) in [6, 6.07) is 0. The molecule has 0 aliphatic rings. The molecule has 78 valence electrons. The third-order valence-electron chi connectivity index (χ3n) is 1.91. The first-order chi connectivity index (χ1) is 6.16. The van der Waals surface area contributed by atoms with E-state index in [1.54, 1.807) is 0 Å². The molecule has 0 aliphatic carbocycles.